The van der Waals surface area contributed by atoms with Gasteiger partial charge in [0.2, 0.25) is 0 Å². The van der Waals surface area contributed by atoms with Crippen molar-refractivity contribution in [2.45, 2.75) is 45.8 Å². The number of allylic oxidation sites excluding steroid dienone is 5. The van der Waals surface area contributed by atoms with Crippen LogP contribution >= 0.6 is 0 Å². The van der Waals surface area contributed by atoms with Gasteiger partial charge in [-0.25, -0.2) is 13.2 Å². The normalized spacial score (nSPS) is 19.6. The number of amides is 2. The van der Waals surface area contributed by atoms with Crippen molar-refractivity contribution in [3.63, 3.8) is 0 Å². The van der Waals surface area contributed by atoms with Crippen LogP contribution in [0.3, 0.4) is 0 Å². The summed E-state index contributed by atoms with van der Waals surface area (Å²) in [4.78, 5) is 27.2. The number of sulfone groups is 1. The van der Waals surface area contributed by atoms with Crippen molar-refractivity contribution in [2.24, 2.45) is 5.92 Å². The molecule has 9 nitrogen and oxygen atoms in total. The highest BCUT2D eigenvalue weighted by molar-refractivity contribution is 7.91. The first kappa shape index (κ1) is 30.7. The van der Waals surface area contributed by atoms with E-state index in [2.05, 4.69) is 17.2 Å². The third-order valence-electron chi connectivity index (χ3n) is 6.92. The van der Waals surface area contributed by atoms with Crippen molar-refractivity contribution in [2.75, 3.05) is 31.1 Å². The third kappa shape index (κ3) is 8.58. The van der Waals surface area contributed by atoms with E-state index < -0.39 is 33.5 Å². The van der Waals surface area contributed by atoms with Gasteiger partial charge < -0.3 is 20.3 Å². The van der Waals surface area contributed by atoms with Gasteiger partial charge in [0.15, 0.2) is 9.84 Å². The minimum atomic E-state index is -2.95. The molecule has 1 heterocycles. The number of nitrogens with one attached hydrogen (secondary N) is 2. The van der Waals surface area contributed by atoms with Gasteiger partial charge in [-0.3, -0.25) is 4.79 Å². The molecule has 0 radical (unpaired) electrons. The summed E-state index contributed by atoms with van der Waals surface area (Å²) in [6.07, 6.45) is 6.77. The van der Waals surface area contributed by atoms with Crippen LogP contribution in [-0.2, 0) is 24.9 Å². The second kappa shape index (κ2) is 13.0. The monoisotopic (exact) mass is 566 g/mol. The molecule has 1 aliphatic heterocycles. The lowest BCUT2D eigenvalue weighted by Gasteiger charge is -2.31. The first-order chi connectivity index (χ1) is 18.8. The predicted molar refractivity (Wildman–Crippen MR) is 156 cm³/mol. The largest absolute Gasteiger partial charge is 0.445 e. The molecule has 2 amide bonds. The molecule has 0 spiro atoms. The maximum Gasteiger partial charge on any atom is 0.408 e. The molecule has 0 saturated carbocycles. The number of carbonyl (C=O) groups is 2. The molecule has 1 fully saturated rings. The molecular formula is C30H38N4O5S. The molecule has 2 aliphatic rings. The van der Waals surface area contributed by atoms with E-state index >= 15 is 0 Å². The highest BCUT2D eigenvalue weighted by Crippen LogP contribution is 2.24. The van der Waals surface area contributed by atoms with Gasteiger partial charge >= 0.3 is 6.09 Å². The van der Waals surface area contributed by atoms with E-state index in [4.69, 9.17) is 4.74 Å². The molecule has 3 rings (SSSR count). The summed E-state index contributed by atoms with van der Waals surface area (Å²) in [7, 11) is -2.95. The van der Waals surface area contributed by atoms with Gasteiger partial charge in [0.05, 0.1) is 23.6 Å². The molecule has 10 heteroatoms. The maximum atomic E-state index is 12.6. The summed E-state index contributed by atoms with van der Waals surface area (Å²) in [5.74, 6) is -0.390. The van der Waals surface area contributed by atoms with Crippen LogP contribution in [0.2, 0.25) is 0 Å². The highest BCUT2D eigenvalue weighted by Gasteiger charge is 2.26. The van der Waals surface area contributed by atoms with E-state index in [9.17, 15) is 23.3 Å². The fourth-order valence-corrected chi connectivity index (χ4v) is 5.62. The van der Waals surface area contributed by atoms with Gasteiger partial charge in [-0.2, -0.15) is 5.26 Å². The molecule has 40 heavy (non-hydrogen) atoms. The lowest BCUT2D eigenvalue weighted by molar-refractivity contribution is -0.117. The fourth-order valence-electron chi connectivity index (χ4n) is 4.42. The Hall–Kier alpha value is -3.84. The average Bonchev–Trinajstić information content (AvgIpc) is 2.90. The van der Waals surface area contributed by atoms with Crippen molar-refractivity contribution in [3.8, 4) is 6.07 Å². The van der Waals surface area contributed by atoms with Crippen LogP contribution in [0.1, 0.15) is 45.2 Å². The topological polar surface area (TPSA) is 129 Å². The van der Waals surface area contributed by atoms with Crippen LogP contribution < -0.4 is 10.6 Å². The third-order valence-corrected chi connectivity index (χ3v) is 8.53. The van der Waals surface area contributed by atoms with Crippen LogP contribution in [0.15, 0.2) is 66.4 Å². The molecule has 2 atom stereocenters. The number of nitriles is 1. The number of alkyl carbamates (subject to hydrolysis) is 1. The van der Waals surface area contributed by atoms with E-state index in [1.165, 1.54) is 0 Å². The minimum Gasteiger partial charge on any atom is -0.445 e. The Morgan fingerprint density at radius 1 is 1.30 bits per heavy atom. The first-order valence-corrected chi connectivity index (χ1v) is 15.1. The predicted octanol–water partition coefficient (Wildman–Crippen LogP) is 3.83. The van der Waals surface area contributed by atoms with E-state index in [1.807, 2.05) is 74.2 Å². The van der Waals surface area contributed by atoms with Crippen LogP contribution in [0, 0.1) is 17.2 Å². The van der Waals surface area contributed by atoms with Gasteiger partial charge in [0.25, 0.3) is 5.91 Å². The Morgan fingerprint density at radius 3 is 2.60 bits per heavy atom. The average molecular weight is 567 g/mol. The molecule has 1 aromatic rings. The minimum absolute atomic E-state index is 0.0225. The summed E-state index contributed by atoms with van der Waals surface area (Å²) in [5.41, 5.74) is 3.04. The summed E-state index contributed by atoms with van der Waals surface area (Å²) in [6, 6.07) is 9.71. The Morgan fingerprint density at radius 2 is 2.00 bits per heavy atom. The summed E-state index contributed by atoms with van der Waals surface area (Å²) >= 11 is 0. The number of nitrogens with zero attached hydrogens (tertiary/aromatic N) is 2. The van der Waals surface area contributed by atoms with E-state index in [-0.39, 0.29) is 29.5 Å². The van der Waals surface area contributed by atoms with Crippen LogP contribution in [0.4, 0.5) is 4.79 Å². The molecule has 1 aromatic carbocycles. The molecule has 1 aliphatic carbocycles. The van der Waals surface area contributed by atoms with E-state index in [0.29, 0.717) is 19.5 Å². The number of benzene rings is 1. The van der Waals surface area contributed by atoms with Crippen LogP contribution in [-0.4, -0.2) is 62.6 Å². The standard InChI is InChI=1S/C30H38N4O5S/c1-21(2)24-7-6-8-26(18-24)30(4,5)33-29(36)39-22(3)20-32-28(35)25(19-31)17-23-9-11-27(12-10-23)34-13-15-40(37,38)16-14-34/h6-9,11-12,17-18,22-23H,1,10,13-16,20H2,2-5H3,(H,32,35)(H,33,36)/b25-17+. The number of hydrogen-bond donors (Lipinski definition) is 2. The summed E-state index contributed by atoms with van der Waals surface area (Å²) < 4.78 is 28.8. The van der Waals surface area contributed by atoms with Crippen molar-refractivity contribution in [3.05, 3.63) is 77.5 Å². The molecule has 1 saturated heterocycles. The molecule has 214 valence electrons. The Bertz CT molecular complexity index is 1370. The number of rotatable bonds is 9. The van der Waals surface area contributed by atoms with E-state index in [1.54, 1.807) is 13.0 Å². The zero-order valence-electron chi connectivity index (χ0n) is 23.6. The molecule has 2 N–H and O–H groups in total. The molecule has 2 unspecified atom stereocenters. The second-order valence-electron chi connectivity index (χ2n) is 10.8. The Kier molecular flexibility index (Phi) is 9.98. The Labute approximate surface area is 237 Å². The second-order valence-corrected chi connectivity index (χ2v) is 13.1. The highest BCUT2D eigenvalue weighted by atomic mass is 32.2. The van der Waals surface area contributed by atoms with E-state index in [0.717, 1.165) is 22.4 Å². The fraction of sp³-hybridized carbons (Fsp3) is 0.433. The van der Waals surface area contributed by atoms with Crippen LogP contribution in [0.5, 0.6) is 0 Å². The number of carbonyl (C=O) groups excluding carboxylic acids is 2. The number of hydrogen-bond acceptors (Lipinski definition) is 7. The lowest BCUT2D eigenvalue weighted by atomic mass is 9.92. The van der Waals surface area contributed by atoms with Gasteiger partial charge in [-0.1, -0.05) is 48.6 Å². The van der Waals surface area contributed by atoms with Gasteiger partial charge in [0, 0.05) is 24.7 Å². The summed E-state index contributed by atoms with van der Waals surface area (Å²) in [6.45, 7) is 12.3. The SMILES string of the molecule is C=C(C)c1cccc(C(C)(C)NC(=O)OC(C)CNC(=O)/C(C#N)=C/C2C=CC(N3CCS(=O)(=O)CC3)=CC2)c1. The molecule has 0 aromatic heterocycles. The van der Waals surface area contributed by atoms with Crippen LogP contribution in [0.25, 0.3) is 5.57 Å². The van der Waals surface area contributed by atoms with Crippen molar-refractivity contribution in [1.82, 2.24) is 15.5 Å². The zero-order valence-corrected chi connectivity index (χ0v) is 24.4. The first-order valence-electron chi connectivity index (χ1n) is 13.3. The van der Waals surface area contributed by atoms with Gasteiger partial charge in [-0.15, -0.1) is 0 Å². The molecular weight excluding hydrogens is 528 g/mol. The van der Waals surface area contributed by atoms with Gasteiger partial charge in [-0.05, 0) is 57.4 Å². The lowest BCUT2D eigenvalue weighted by Crippen LogP contribution is -2.44. The maximum absolute atomic E-state index is 12.6. The zero-order chi connectivity index (χ0) is 29.5. The van der Waals surface area contributed by atoms with Crippen molar-refractivity contribution >= 4 is 27.4 Å². The quantitative estimate of drug-likeness (QED) is 0.343. The smallest absolute Gasteiger partial charge is 0.408 e. The Balaban J connectivity index is 1.48. The summed E-state index contributed by atoms with van der Waals surface area (Å²) in [5, 5.41) is 15.1. The van der Waals surface area contributed by atoms with Crippen molar-refractivity contribution in [1.29, 1.82) is 5.26 Å². The number of ether oxygens (including phenoxy) is 1. The van der Waals surface area contributed by atoms with Gasteiger partial charge in [0.1, 0.15) is 17.7 Å². The molecule has 0 bridgehead atoms. The van der Waals surface area contributed by atoms with Crippen molar-refractivity contribution < 1.29 is 22.7 Å².